The molecule has 0 aliphatic rings. The first-order chi connectivity index (χ1) is 8.56. The van der Waals surface area contributed by atoms with Gasteiger partial charge in [0.25, 0.3) is 5.91 Å². The van der Waals surface area contributed by atoms with Crippen LogP contribution in [0, 0.1) is 10.5 Å². The Kier molecular flexibility index (Phi) is 4.34. The van der Waals surface area contributed by atoms with E-state index in [-0.39, 0.29) is 5.91 Å². The lowest BCUT2D eigenvalue weighted by molar-refractivity contribution is 0.102. The molecule has 0 saturated heterocycles. The molecule has 0 spiro atoms. The zero-order valence-electron chi connectivity index (χ0n) is 9.58. The number of pyridine rings is 1. The fourth-order valence-electron chi connectivity index (χ4n) is 1.46. The third-order valence-corrected chi connectivity index (χ3v) is 3.69. The normalized spacial score (nSPS) is 10.2. The molecule has 0 fully saturated rings. The van der Waals surface area contributed by atoms with Gasteiger partial charge in [0, 0.05) is 14.2 Å². The summed E-state index contributed by atoms with van der Waals surface area (Å²) in [4.78, 5) is 16.2. The van der Waals surface area contributed by atoms with Gasteiger partial charge >= 0.3 is 0 Å². The number of carbonyl (C=O) groups excluding carboxylic acids is 1. The highest BCUT2D eigenvalue weighted by molar-refractivity contribution is 14.1. The largest absolute Gasteiger partial charge is 0.307 e. The lowest BCUT2D eigenvalue weighted by atomic mass is 10.2. The van der Waals surface area contributed by atoms with Gasteiger partial charge in [0.2, 0.25) is 0 Å². The Morgan fingerprint density at radius 2 is 2.11 bits per heavy atom. The van der Waals surface area contributed by atoms with Gasteiger partial charge in [-0.05, 0) is 81.3 Å². The van der Waals surface area contributed by atoms with E-state index in [2.05, 4.69) is 48.8 Å². The monoisotopic (exact) mass is 416 g/mol. The second kappa shape index (κ2) is 5.79. The molecule has 18 heavy (non-hydrogen) atoms. The molecule has 0 aliphatic heterocycles. The number of aryl methyl sites for hydroxylation is 1. The maximum Gasteiger partial charge on any atom is 0.257 e. The number of rotatable bonds is 2. The Morgan fingerprint density at radius 3 is 2.83 bits per heavy atom. The number of nitrogens with zero attached hydrogens (tertiary/aromatic N) is 1. The molecule has 2 rings (SSSR count). The van der Waals surface area contributed by atoms with Gasteiger partial charge in [0.05, 0.1) is 5.56 Å². The minimum atomic E-state index is -0.168. The molecular weight excluding hydrogens is 407 g/mol. The number of nitrogens with one attached hydrogen (secondary N) is 1. The summed E-state index contributed by atoms with van der Waals surface area (Å²) in [5.74, 6) is 0.393. The van der Waals surface area contributed by atoms with Crippen LogP contribution in [-0.4, -0.2) is 10.9 Å². The second-order valence-electron chi connectivity index (χ2n) is 3.80. The topological polar surface area (TPSA) is 42.0 Å². The van der Waals surface area contributed by atoms with Crippen LogP contribution in [0.15, 0.2) is 41.0 Å². The maximum atomic E-state index is 12.1. The lowest BCUT2D eigenvalue weighted by Crippen LogP contribution is -2.13. The molecular formula is C13H10BrIN2O. The molecule has 0 bridgehead atoms. The molecule has 0 aliphatic carbocycles. The van der Waals surface area contributed by atoms with Crippen LogP contribution >= 0.6 is 38.5 Å². The maximum absolute atomic E-state index is 12.1. The van der Waals surface area contributed by atoms with Crippen molar-refractivity contribution in [3.8, 4) is 0 Å². The zero-order chi connectivity index (χ0) is 13.1. The van der Waals surface area contributed by atoms with Crippen molar-refractivity contribution in [3.63, 3.8) is 0 Å². The van der Waals surface area contributed by atoms with Gasteiger partial charge in [0.1, 0.15) is 5.82 Å². The summed E-state index contributed by atoms with van der Waals surface area (Å²) in [6.45, 7) is 1.96. The highest BCUT2D eigenvalue weighted by atomic mass is 127. The van der Waals surface area contributed by atoms with E-state index >= 15 is 0 Å². The average molecular weight is 417 g/mol. The average Bonchev–Trinajstić information content (AvgIpc) is 2.32. The van der Waals surface area contributed by atoms with Gasteiger partial charge in [-0.25, -0.2) is 4.98 Å². The first-order valence-corrected chi connectivity index (χ1v) is 7.12. The van der Waals surface area contributed by atoms with Crippen molar-refractivity contribution in [1.82, 2.24) is 4.98 Å². The van der Waals surface area contributed by atoms with Crippen molar-refractivity contribution in [3.05, 3.63) is 55.7 Å². The quantitative estimate of drug-likeness (QED) is 0.751. The van der Waals surface area contributed by atoms with Crippen molar-refractivity contribution < 1.29 is 4.79 Å². The van der Waals surface area contributed by atoms with Crippen LogP contribution in [0.5, 0.6) is 0 Å². The Hall–Kier alpha value is -0.950. The summed E-state index contributed by atoms with van der Waals surface area (Å²) < 4.78 is 1.78. The number of carbonyl (C=O) groups is 1. The van der Waals surface area contributed by atoms with Gasteiger partial charge in [0.15, 0.2) is 0 Å². The lowest BCUT2D eigenvalue weighted by Gasteiger charge is -2.07. The van der Waals surface area contributed by atoms with Gasteiger partial charge in [-0.15, -0.1) is 0 Å². The Labute approximate surface area is 127 Å². The number of anilines is 1. The number of hydrogen-bond acceptors (Lipinski definition) is 2. The Bertz CT molecular complexity index is 601. The molecule has 3 nitrogen and oxygen atoms in total. The van der Waals surface area contributed by atoms with Crippen LogP contribution < -0.4 is 5.32 Å². The molecule has 1 heterocycles. The van der Waals surface area contributed by atoms with Gasteiger partial charge in [-0.1, -0.05) is 0 Å². The fourth-order valence-corrected chi connectivity index (χ4v) is 2.38. The summed E-state index contributed by atoms with van der Waals surface area (Å²) in [5, 5.41) is 2.78. The second-order valence-corrected chi connectivity index (χ2v) is 5.90. The van der Waals surface area contributed by atoms with Crippen LogP contribution in [-0.2, 0) is 0 Å². The molecule has 1 N–H and O–H groups in total. The molecule has 1 aromatic carbocycles. The molecule has 5 heteroatoms. The first-order valence-electron chi connectivity index (χ1n) is 5.25. The van der Waals surface area contributed by atoms with Gasteiger partial charge in [-0.3, -0.25) is 4.79 Å². The predicted molar refractivity (Wildman–Crippen MR) is 83.8 cm³/mol. The molecule has 1 amide bonds. The fraction of sp³-hybridized carbons (Fsp3) is 0.0769. The van der Waals surface area contributed by atoms with Crippen LogP contribution in [0.1, 0.15) is 15.9 Å². The number of benzene rings is 1. The van der Waals surface area contributed by atoms with Crippen LogP contribution in [0.4, 0.5) is 5.82 Å². The zero-order valence-corrected chi connectivity index (χ0v) is 13.3. The first kappa shape index (κ1) is 13.5. The summed E-state index contributed by atoms with van der Waals surface area (Å²) in [6, 6.07) is 9.35. The van der Waals surface area contributed by atoms with E-state index in [0.717, 1.165) is 13.6 Å². The van der Waals surface area contributed by atoms with E-state index in [1.54, 1.807) is 6.20 Å². The third kappa shape index (κ3) is 3.29. The van der Waals surface area contributed by atoms with E-state index in [0.29, 0.717) is 11.4 Å². The Balaban J connectivity index is 2.24. The van der Waals surface area contributed by atoms with Gasteiger partial charge < -0.3 is 5.32 Å². The summed E-state index contributed by atoms with van der Waals surface area (Å²) in [6.07, 6.45) is 1.68. The van der Waals surface area contributed by atoms with Crippen LogP contribution in [0.3, 0.4) is 0 Å². The number of hydrogen-bond donors (Lipinski definition) is 1. The van der Waals surface area contributed by atoms with Crippen molar-refractivity contribution in [2.75, 3.05) is 5.32 Å². The van der Waals surface area contributed by atoms with Crippen molar-refractivity contribution in [1.29, 1.82) is 0 Å². The van der Waals surface area contributed by atoms with Crippen LogP contribution in [0.25, 0.3) is 0 Å². The van der Waals surface area contributed by atoms with Crippen molar-refractivity contribution in [2.45, 2.75) is 6.92 Å². The van der Waals surface area contributed by atoms with Gasteiger partial charge in [-0.2, -0.15) is 0 Å². The van der Waals surface area contributed by atoms with Crippen LogP contribution in [0.2, 0.25) is 0 Å². The number of halogens is 2. The summed E-state index contributed by atoms with van der Waals surface area (Å²) >= 11 is 5.55. The molecule has 0 atom stereocenters. The molecule has 0 saturated carbocycles. The summed E-state index contributed by atoms with van der Waals surface area (Å²) in [7, 11) is 0. The Morgan fingerprint density at radius 1 is 1.33 bits per heavy atom. The third-order valence-electron chi connectivity index (χ3n) is 2.33. The van der Waals surface area contributed by atoms with E-state index in [4.69, 9.17) is 0 Å². The standard InChI is InChI=1S/C13H10BrIN2O/c1-8-4-5-16-12(6-8)17-13(18)10-7-9(15)2-3-11(10)14/h2-7H,1H3,(H,16,17,18). The van der Waals surface area contributed by atoms with Crippen molar-refractivity contribution >= 4 is 50.2 Å². The SMILES string of the molecule is Cc1ccnc(NC(=O)c2cc(I)ccc2Br)c1. The highest BCUT2D eigenvalue weighted by Gasteiger charge is 2.11. The van der Waals surface area contributed by atoms with E-state index in [9.17, 15) is 4.79 Å². The highest BCUT2D eigenvalue weighted by Crippen LogP contribution is 2.20. The minimum absolute atomic E-state index is 0.168. The van der Waals surface area contributed by atoms with E-state index < -0.39 is 0 Å². The predicted octanol–water partition coefficient (Wildman–Crippen LogP) is 4.01. The number of amides is 1. The smallest absolute Gasteiger partial charge is 0.257 e. The molecule has 1 aromatic heterocycles. The minimum Gasteiger partial charge on any atom is -0.307 e. The van der Waals surface area contributed by atoms with Crippen molar-refractivity contribution in [2.24, 2.45) is 0 Å². The molecule has 2 aromatic rings. The summed E-state index contributed by atoms with van der Waals surface area (Å²) in [5.41, 5.74) is 1.66. The molecule has 0 radical (unpaired) electrons. The molecule has 0 unspecified atom stereocenters. The number of aromatic nitrogens is 1. The van der Waals surface area contributed by atoms with E-state index in [1.165, 1.54) is 0 Å². The molecule has 92 valence electrons. The van der Waals surface area contributed by atoms with E-state index in [1.807, 2.05) is 37.3 Å².